The van der Waals surface area contributed by atoms with Gasteiger partial charge in [0, 0.05) is 17.0 Å². The summed E-state index contributed by atoms with van der Waals surface area (Å²) in [5.41, 5.74) is 1.02. The van der Waals surface area contributed by atoms with Gasteiger partial charge in [-0.2, -0.15) is 0 Å². The summed E-state index contributed by atoms with van der Waals surface area (Å²) in [6, 6.07) is 11.8. The topological polar surface area (TPSA) is 12.0 Å². The van der Waals surface area contributed by atoms with Crippen LogP contribution in [0.5, 0.6) is 0 Å². The molecule has 1 N–H and O–H groups in total. The Bertz CT molecular complexity index is 533. The van der Waals surface area contributed by atoms with Gasteiger partial charge < -0.3 is 5.32 Å². The summed E-state index contributed by atoms with van der Waals surface area (Å²) < 4.78 is 13.3. The van der Waals surface area contributed by atoms with Crippen molar-refractivity contribution in [1.29, 1.82) is 0 Å². The Balaban J connectivity index is 1.75. The maximum atomic E-state index is 13.3. The third-order valence-electron chi connectivity index (χ3n) is 3.72. The summed E-state index contributed by atoms with van der Waals surface area (Å²) in [4.78, 5) is 1.39. The fourth-order valence-electron chi connectivity index (χ4n) is 2.49. The molecule has 1 aliphatic rings. The van der Waals surface area contributed by atoms with Crippen molar-refractivity contribution in [3.8, 4) is 0 Å². The van der Waals surface area contributed by atoms with Crippen molar-refractivity contribution in [2.75, 3.05) is 0 Å². The number of nitrogens with one attached hydrogen (secondary N) is 1. The second kappa shape index (κ2) is 5.43. The normalized spacial score (nSPS) is 18.2. The van der Waals surface area contributed by atoms with Crippen LogP contribution in [0.1, 0.15) is 42.3 Å². The molecule has 1 fully saturated rings. The predicted octanol–water partition coefficient (Wildman–Crippen LogP) is 4.69. The van der Waals surface area contributed by atoms with E-state index in [2.05, 4.69) is 29.8 Å². The molecule has 19 heavy (non-hydrogen) atoms. The van der Waals surface area contributed by atoms with Gasteiger partial charge in [-0.05, 0) is 54.8 Å². The Labute approximate surface area is 117 Å². The summed E-state index contributed by atoms with van der Waals surface area (Å²) in [6.45, 7) is 2.11. The SMILES string of the molecule is C[C@@H](NC(c1cccs1)C1CC1)c1cccc(F)c1. The Hall–Kier alpha value is -1.19. The van der Waals surface area contributed by atoms with Crippen LogP contribution in [0.4, 0.5) is 4.39 Å². The van der Waals surface area contributed by atoms with Crippen LogP contribution in [0.3, 0.4) is 0 Å². The molecule has 0 spiro atoms. The van der Waals surface area contributed by atoms with Crippen LogP contribution < -0.4 is 5.32 Å². The number of hydrogen-bond donors (Lipinski definition) is 1. The number of hydrogen-bond acceptors (Lipinski definition) is 2. The van der Waals surface area contributed by atoms with Gasteiger partial charge in [-0.25, -0.2) is 4.39 Å². The van der Waals surface area contributed by atoms with Crippen LogP contribution >= 0.6 is 11.3 Å². The van der Waals surface area contributed by atoms with Crippen molar-refractivity contribution in [2.45, 2.75) is 31.8 Å². The van der Waals surface area contributed by atoms with Crippen molar-refractivity contribution in [1.82, 2.24) is 5.32 Å². The van der Waals surface area contributed by atoms with Gasteiger partial charge in [-0.3, -0.25) is 0 Å². The lowest BCUT2D eigenvalue weighted by Gasteiger charge is -2.23. The van der Waals surface area contributed by atoms with E-state index in [0.717, 1.165) is 11.5 Å². The number of halogens is 1. The molecule has 1 nitrogen and oxygen atoms in total. The molecule has 0 radical (unpaired) electrons. The number of benzene rings is 1. The van der Waals surface area contributed by atoms with Gasteiger partial charge >= 0.3 is 0 Å². The van der Waals surface area contributed by atoms with Gasteiger partial charge in [-0.1, -0.05) is 18.2 Å². The minimum atomic E-state index is -0.162. The highest BCUT2D eigenvalue weighted by molar-refractivity contribution is 7.10. The predicted molar refractivity (Wildman–Crippen MR) is 77.7 cm³/mol. The van der Waals surface area contributed by atoms with E-state index in [-0.39, 0.29) is 11.9 Å². The molecule has 2 aromatic rings. The van der Waals surface area contributed by atoms with E-state index in [9.17, 15) is 4.39 Å². The van der Waals surface area contributed by atoms with Gasteiger partial charge in [0.05, 0.1) is 0 Å². The van der Waals surface area contributed by atoms with Gasteiger partial charge in [-0.15, -0.1) is 11.3 Å². The molecule has 0 bridgehead atoms. The number of thiophene rings is 1. The minimum absolute atomic E-state index is 0.162. The molecule has 0 amide bonds. The first-order valence-electron chi connectivity index (χ1n) is 6.79. The zero-order chi connectivity index (χ0) is 13.2. The van der Waals surface area contributed by atoms with E-state index in [1.54, 1.807) is 23.5 Å². The Kier molecular flexibility index (Phi) is 3.67. The standard InChI is InChI=1S/C16H18FNS/c1-11(13-4-2-5-14(17)10-13)18-16(12-7-8-12)15-6-3-9-19-15/h2-6,9-12,16,18H,7-8H2,1H3/t11-,16?/m1/s1. The Morgan fingerprint density at radius 3 is 2.74 bits per heavy atom. The van der Waals surface area contributed by atoms with Crippen LogP contribution in [-0.4, -0.2) is 0 Å². The highest BCUT2D eigenvalue weighted by Gasteiger charge is 2.33. The maximum absolute atomic E-state index is 13.3. The first-order valence-corrected chi connectivity index (χ1v) is 7.67. The highest BCUT2D eigenvalue weighted by Crippen LogP contribution is 2.43. The van der Waals surface area contributed by atoms with Gasteiger partial charge in [0.15, 0.2) is 0 Å². The molecule has 1 aliphatic carbocycles. The van der Waals surface area contributed by atoms with Crippen LogP contribution in [-0.2, 0) is 0 Å². The zero-order valence-electron chi connectivity index (χ0n) is 11.0. The molecule has 1 aromatic heterocycles. The number of rotatable bonds is 5. The third kappa shape index (κ3) is 3.04. The van der Waals surface area contributed by atoms with Crippen molar-refractivity contribution in [3.05, 3.63) is 58.0 Å². The van der Waals surface area contributed by atoms with Crippen molar-refractivity contribution >= 4 is 11.3 Å². The van der Waals surface area contributed by atoms with E-state index in [4.69, 9.17) is 0 Å². The molecule has 3 rings (SSSR count). The van der Waals surface area contributed by atoms with Gasteiger partial charge in [0.25, 0.3) is 0 Å². The molecule has 0 aliphatic heterocycles. The lowest BCUT2D eigenvalue weighted by molar-refractivity contribution is 0.432. The van der Waals surface area contributed by atoms with Crippen LogP contribution in [0.25, 0.3) is 0 Å². The molecule has 1 unspecified atom stereocenters. The summed E-state index contributed by atoms with van der Waals surface area (Å²) in [6.07, 6.45) is 2.59. The highest BCUT2D eigenvalue weighted by atomic mass is 32.1. The van der Waals surface area contributed by atoms with Crippen LogP contribution in [0.2, 0.25) is 0 Å². The Morgan fingerprint density at radius 2 is 2.11 bits per heavy atom. The second-order valence-electron chi connectivity index (χ2n) is 5.27. The Morgan fingerprint density at radius 1 is 1.26 bits per heavy atom. The van der Waals surface area contributed by atoms with Gasteiger partial charge in [0.2, 0.25) is 0 Å². The minimum Gasteiger partial charge on any atom is -0.302 e. The molecular formula is C16H18FNS. The lowest BCUT2D eigenvalue weighted by atomic mass is 10.0. The lowest BCUT2D eigenvalue weighted by Crippen LogP contribution is -2.25. The molecule has 2 atom stereocenters. The molecule has 100 valence electrons. The molecule has 1 heterocycles. The molecular weight excluding hydrogens is 257 g/mol. The van der Waals surface area contributed by atoms with Gasteiger partial charge in [0.1, 0.15) is 5.82 Å². The van der Waals surface area contributed by atoms with Crippen LogP contribution in [0, 0.1) is 11.7 Å². The smallest absolute Gasteiger partial charge is 0.123 e. The average molecular weight is 275 g/mol. The monoisotopic (exact) mass is 275 g/mol. The fourth-order valence-corrected chi connectivity index (χ4v) is 3.37. The summed E-state index contributed by atoms with van der Waals surface area (Å²) in [5.74, 6) is 0.583. The van der Waals surface area contributed by atoms with E-state index < -0.39 is 0 Å². The van der Waals surface area contributed by atoms with Crippen molar-refractivity contribution < 1.29 is 4.39 Å². The van der Waals surface area contributed by atoms with Crippen molar-refractivity contribution in [3.63, 3.8) is 0 Å². The van der Waals surface area contributed by atoms with Crippen molar-refractivity contribution in [2.24, 2.45) is 5.92 Å². The van der Waals surface area contributed by atoms with Crippen LogP contribution in [0.15, 0.2) is 41.8 Å². The first-order chi connectivity index (χ1) is 9.24. The molecule has 0 saturated heterocycles. The summed E-state index contributed by atoms with van der Waals surface area (Å²) in [5, 5.41) is 5.79. The first kappa shape index (κ1) is 12.8. The van der Waals surface area contributed by atoms with E-state index in [1.165, 1.54) is 23.8 Å². The quantitative estimate of drug-likeness (QED) is 0.834. The fraction of sp³-hybridized carbons (Fsp3) is 0.375. The summed E-state index contributed by atoms with van der Waals surface area (Å²) >= 11 is 1.80. The summed E-state index contributed by atoms with van der Waals surface area (Å²) in [7, 11) is 0. The van der Waals surface area contributed by atoms with E-state index >= 15 is 0 Å². The zero-order valence-corrected chi connectivity index (χ0v) is 11.8. The largest absolute Gasteiger partial charge is 0.302 e. The van der Waals surface area contributed by atoms with E-state index in [0.29, 0.717) is 6.04 Å². The average Bonchev–Trinajstić information content (AvgIpc) is 3.10. The molecule has 3 heteroatoms. The molecule has 1 aromatic carbocycles. The third-order valence-corrected chi connectivity index (χ3v) is 4.68. The maximum Gasteiger partial charge on any atom is 0.123 e. The molecule has 1 saturated carbocycles. The van der Waals surface area contributed by atoms with E-state index in [1.807, 2.05) is 6.07 Å². The second-order valence-corrected chi connectivity index (χ2v) is 6.25.